The van der Waals surface area contributed by atoms with Crippen LogP contribution in [0, 0.1) is 23.2 Å². The molecule has 3 saturated carbocycles. The molecule has 6 radical (unpaired) electrons. The first-order valence-electron chi connectivity index (χ1n) is 12.7. The average molecular weight is 446 g/mol. The Morgan fingerprint density at radius 3 is 2.42 bits per heavy atom. The van der Waals surface area contributed by atoms with Crippen molar-refractivity contribution in [3.8, 4) is 0 Å². The molecular weight excluding hydrogens is 405 g/mol. The van der Waals surface area contributed by atoms with E-state index in [2.05, 4.69) is 26.5 Å². The molecule has 3 nitrogen and oxygen atoms in total. The van der Waals surface area contributed by atoms with E-state index in [-0.39, 0.29) is 5.41 Å². The standard InChI is InChI=1S/C27H41B3O3/c1-17(8-13-23(31)24(3,4)32)20-11-12-22-19(7-6-15-25(20,22)5)9-10-21-18(2)14-16-26(28,33)27(21,29)30/h9-10,17,20,22-23,31-33H,2,6-8,11-16H2,1,3-5H3/b19-9+,21-10+/t17-,20-,22+,23-,25-,26+/m1/s1. The van der Waals surface area contributed by atoms with Crippen molar-refractivity contribution in [1.29, 1.82) is 0 Å². The van der Waals surface area contributed by atoms with Gasteiger partial charge in [-0.3, -0.25) is 0 Å². The third-order valence-corrected chi connectivity index (χ3v) is 9.25. The topological polar surface area (TPSA) is 60.7 Å². The molecule has 6 atom stereocenters. The van der Waals surface area contributed by atoms with Gasteiger partial charge in [0.25, 0.3) is 0 Å². The smallest absolute Gasteiger partial charge is 0.112 e. The molecule has 176 valence electrons. The van der Waals surface area contributed by atoms with Crippen LogP contribution >= 0.6 is 0 Å². The molecule has 0 bridgehead atoms. The lowest BCUT2D eigenvalue weighted by Gasteiger charge is -2.49. The van der Waals surface area contributed by atoms with Crippen LogP contribution in [0.5, 0.6) is 0 Å². The molecule has 3 aliphatic rings. The Balaban J connectivity index is 1.78. The number of aliphatic hydroxyl groups excluding tert-OH is 1. The normalized spacial score (nSPS) is 38.9. The zero-order chi connectivity index (χ0) is 24.8. The molecule has 3 fully saturated rings. The highest BCUT2D eigenvalue weighted by molar-refractivity contribution is 6.47. The highest BCUT2D eigenvalue weighted by Gasteiger charge is 2.51. The van der Waals surface area contributed by atoms with Crippen molar-refractivity contribution in [2.75, 3.05) is 0 Å². The molecule has 0 aromatic rings. The molecule has 0 saturated heterocycles. The van der Waals surface area contributed by atoms with Crippen molar-refractivity contribution in [3.05, 3.63) is 35.5 Å². The molecular formula is C27H41B3O3. The minimum atomic E-state index is -1.65. The van der Waals surface area contributed by atoms with Gasteiger partial charge in [-0.2, -0.15) is 0 Å². The summed E-state index contributed by atoms with van der Waals surface area (Å²) in [5.41, 5.74) is 0.424. The molecule has 0 heterocycles. The summed E-state index contributed by atoms with van der Waals surface area (Å²) >= 11 is 0. The maximum Gasteiger partial charge on any atom is 0.112 e. The highest BCUT2D eigenvalue weighted by Crippen LogP contribution is 2.60. The van der Waals surface area contributed by atoms with Crippen molar-refractivity contribution in [2.45, 2.75) is 108 Å². The Morgan fingerprint density at radius 2 is 1.79 bits per heavy atom. The fourth-order valence-corrected chi connectivity index (χ4v) is 6.84. The fourth-order valence-electron chi connectivity index (χ4n) is 6.84. The lowest BCUT2D eigenvalue weighted by atomic mass is 9.35. The van der Waals surface area contributed by atoms with Crippen molar-refractivity contribution in [2.24, 2.45) is 23.2 Å². The molecule has 0 aromatic carbocycles. The van der Waals surface area contributed by atoms with Crippen molar-refractivity contribution >= 4 is 23.5 Å². The number of hydrogen-bond acceptors (Lipinski definition) is 3. The highest BCUT2D eigenvalue weighted by atomic mass is 16.3. The van der Waals surface area contributed by atoms with Gasteiger partial charge in [-0.1, -0.05) is 54.5 Å². The van der Waals surface area contributed by atoms with E-state index >= 15 is 0 Å². The maximum atomic E-state index is 10.5. The average Bonchev–Trinajstić information content (AvgIpc) is 3.06. The van der Waals surface area contributed by atoms with Crippen LogP contribution in [0.3, 0.4) is 0 Å². The van der Waals surface area contributed by atoms with Crippen LogP contribution in [0.4, 0.5) is 0 Å². The van der Waals surface area contributed by atoms with E-state index in [1.165, 1.54) is 18.4 Å². The number of rotatable bonds is 6. The van der Waals surface area contributed by atoms with E-state index in [9.17, 15) is 15.3 Å². The molecule has 3 aliphatic carbocycles. The van der Waals surface area contributed by atoms with Crippen LogP contribution in [0.2, 0.25) is 5.21 Å². The van der Waals surface area contributed by atoms with Crippen molar-refractivity contribution < 1.29 is 15.3 Å². The third-order valence-electron chi connectivity index (χ3n) is 9.25. The van der Waals surface area contributed by atoms with E-state index in [1.54, 1.807) is 13.8 Å². The Kier molecular flexibility index (Phi) is 7.66. The summed E-state index contributed by atoms with van der Waals surface area (Å²) in [6.45, 7) is 12.2. The summed E-state index contributed by atoms with van der Waals surface area (Å²) in [5, 5.41) is 29.4. The van der Waals surface area contributed by atoms with Crippen molar-refractivity contribution in [1.82, 2.24) is 0 Å². The number of aliphatic hydroxyl groups is 3. The first-order valence-corrected chi connectivity index (χ1v) is 12.7. The Hall–Kier alpha value is -0.705. The lowest BCUT2D eigenvalue weighted by Crippen LogP contribution is -2.48. The predicted molar refractivity (Wildman–Crippen MR) is 138 cm³/mol. The van der Waals surface area contributed by atoms with E-state index in [4.69, 9.17) is 23.5 Å². The van der Waals surface area contributed by atoms with Gasteiger partial charge < -0.3 is 15.3 Å². The van der Waals surface area contributed by atoms with Gasteiger partial charge in [-0.15, -0.1) is 0 Å². The second kappa shape index (κ2) is 9.39. The molecule has 6 heteroatoms. The van der Waals surface area contributed by atoms with Crippen LogP contribution in [0.1, 0.15) is 85.5 Å². The van der Waals surface area contributed by atoms with Crippen LogP contribution in [0.25, 0.3) is 0 Å². The quantitative estimate of drug-likeness (QED) is 0.535. The summed E-state index contributed by atoms with van der Waals surface area (Å²) in [6.07, 6.45) is 11.6. The van der Waals surface area contributed by atoms with E-state index in [1.807, 2.05) is 6.08 Å². The van der Waals surface area contributed by atoms with Crippen molar-refractivity contribution in [3.63, 3.8) is 0 Å². The second-order valence-corrected chi connectivity index (χ2v) is 12.0. The first kappa shape index (κ1) is 26.9. The van der Waals surface area contributed by atoms with Gasteiger partial charge in [-0.25, -0.2) is 0 Å². The summed E-state index contributed by atoms with van der Waals surface area (Å²) in [4.78, 5) is 0. The minimum absolute atomic E-state index is 0.225. The van der Waals surface area contributed by atoms with Gasteiger partial charge in [0.1, 0.15) is 7.85 Å². The Bertz CT molecular complexity index is 808. The van der Waals surface area contributed by atoms with Crippen LogP contribution < -0.4 is 0 Å². The molecule has 3 rings (SSSR count). The van der Waals surface area contributed by atoms with Gasteiger partial charge in [0.2, 0.25) is 0 Å². The SMILES string of the molecule is [B]C1([B])/C(=C/C=C2\CCC[C@]3(C)[C@@H]([C@H](C)CC[C@@H](O)C(C)(C)O)CC[C@@H]23)C(=C)CC[C@]1([B])O. The Morgan fingerprint density at radius 1 is 1.12 bits per heavy atom. The zero-order valence-electron chi connectivity index (χ0n) is 21.1. The van der Waals surface area contributed by atoms with E-state index in [0.717, 1.165) is 31.3 Å². The summed E-state index contributed by atoms with van der Waals surface area (Å²) < 4.78 is 0. The van der Waals surface area contributed by atoms with Crippen LogP contribution in [0.15, 0.2) is 35.5 Å². The fraction of sp³-hybridized carbons (Fsp3) is 0.778. The maximum absolute atomic E-state index is 10.5. The van der Waals surface area contributed by atoms with E-state index in [0.29, 0.717) is 42.6 Å². The van der Waals surface area contributed by atoms with E-state index < -0.39 is 22.4 Å². The predicted octanol–water partition coefficient (Wildman–Crippen LogP) is 4.26. The molecule has 33 heavy (non-hydrogen) atoms. The second-order valence-electron chi connectivity index (χ2n) is 12.0. The van der Waals surface area contributed by atoms with Gasteiger partial charge in [0.05, 0.1) is 27.4 Å². The summed E-state index contributed by atoms with van der Waals surface area (Å²) in [6, 6.07) is 0. The number of fused-ring (bicyclic) bond motifs is 1. The molecule has 0 amide bonds. The minimum Gasteiger partial charge on any atom is -0.400 e. The largest absolute Gasteiger partial charge is 0.400 e. The first-order chi connectivity index (χ1) is 15.1. The monoisotopic (exact) mass is 446 g/mol. The van der Waals surface area contributed by atoms with Gasteiger partial charge in [0, 0.05) is 5.50 Å². The zero-order valence-corrected chi connectivity index (χ0v) is 21.1. The molecule has 0 aromatic heterocycles. The summed E-state index contributed by atoms with van der Waals surface area (Å²) in [7, 11) is 18.6. The molecule has 0 unspecified atom stereocenters. The van der Waals surface area contributed by atoms with Gasteiger partial charge in [0.15, 0.2) is 0 Å². The van der Waals surface area contributed by atoms with Crippen LogP contribution in [-0.4, -0.2) is 56.1 Å². The van der Waals surface area contributed by atoms with Gasteiger partial charge in [-0.05, 0) is 94.8 Å². The van der Waals surface area contributed by atoms with Crippen LogP contribution in [-0.2, 0) is 0 Å². The number of hydrogen-bond donors (Lipinski definition) is 3. The summed E-state index contributed by atoms with van der Waals surface area (Å²) in [5.74, 6) is 1.59. The molecule has 0 aliphatic heterocycles. The molecule has 3 N–H and O–H groups in total. The number of allylic oxidation sites excluding steroid dienone is 4. The Labute approximate surface area is 205 Å². The van der Waals surface area contributed by atoms with Gasteiger partial charge >= 0.3 is 0 Å². The molecule has 0 spiro atoms. The lowest BCUT2D eigenvalue weighted by molar-refractivity contribution is -0.0554. The third kappa shape index (κ3) is 5.14.